The van der Waals surface area contributed by atoms with Crippen LogP contribution in [0, 0.1) is 0 Å². The maximum absolute atomic E-state index is 13.6. The molecule has 34 heavy (non-hydrogen) atoms. The molecule has 9 heteroatoms. The van der Waals surface area contributed by atoms with E-state index >= 15 is 0 Å². The van der Waals surface area contributed by atoms with Crippen molar-refractivity contribution in [2.75, 3.05) is 30.8 Å². The zero-order valence-electron chi connectivity index (χ0n) is 20.4. The van der Waals surface area contributed by atoms with Crippen molar-refractivity contribution in [2.24, 2.45) is 0 Å². The van der Waals surface area contributed by atoms with E-state index in [2.05, 4.69) is 5.32 Å². The highest BCUT2D eigenvalue weighted by atomic mass is 32.2. The Morgan fingerprint density at radius 3 is 2.21 bits per heavy atom. The SMILES string of the molecule is CCCCNC(=O)[C@H](CC)N(Cc1ccccc1)C(=O)CN(c1ccc(OC)cc1)S(C)(=O)=O. The summed E-state index contributed by atoms with van der Waals surface area (Å²) in [7, 11) is -2.25. The van der Waals surface area contributed by atoms with Crippen LogP contribution in [0.4, 0.5) is 5.69 Å². The highest BCUT2D eigenvalue weighted by Crippen LogP contribution is 2.22. The summed E-state index contributed by atoms with van der Waals surface area (Å²) in [5.41, 5.74) is 1.20. The predicted molar refractivity (Wildman–Crippen MR) is 134 cm³/mol. The van der Waals surface area contributed by atoms with Gasteiger partial charge < -0.3 is 15.0 Å². The standard InChI is InChI=1S/C25H35N3O5S/c1-5-7-17-26-25(30)23(6-2)27(18-20-11-9-8-10-12-20)24(29)19-28(34(4,31)32)21-13-15-22(33-3)16-14-21/h8-16,23H,5-7,17-19H2,1-4H3,(H,26,30)/t23-/m0/s1. The van der Waals surface area contributed by atoms with Crippen molar-refractivity contribution in [1.82, 2.24) is 10.2 Å². The number of ether oxygens (including phenoxy) is 1. The van der Waals surface area contributed by atoms with Gasteiger partial charge in [-0.1, -0.05) is 50.6 Å². The molecule has 0 spiro atoms. The lowest BCUT2D eigenvalue weighted by atomic mass is 10.1. The summed E-state index contributed by atoms with van der Waals surface area (Å²) >= 11 is 0. The molecule has 0 saturated carbocycles. The van der Waals surface area contributed by atoms with Gasteiger partial charge in [-0.3, -0.25) is 13.9 Å². The normalized spacial score (nSPS) is 12.0. The van der Waals surface area contributed by atoms with E-state index in [4.69, 9.17) is 4.74 Å². The molecule has 1 N–H and O–H groups in total. The first-order valence-corrected chi connectivity index (χ1v) is 13.3. The van der Waals surface area contributed by atoms with Crippen molar-refractivity contribution in [3.05, 3.63) is 60.2 Å². The number of methoxy groups -OCH3 is 1. The van der Waals surface area contributed by atoms with Crippen LogP contribution in [0.1, 0.15) is 38.7 Å². The van der Waals surface area contributed by atoms with Crippen LogP contribution in [0.3, 0.4) is 0 Å². The van der Waals surface area contributed by atoms with E-state index in [1.807, 2.05) is 44.2 Å². The van der Waals surface area contributed by atoms with Crippen molar-refractivity contribution in [3.8, 4) is 5.75 Å². The minimum Gasteiger partial charge on any atom is -0.497 e. The number of rotatable bonds is 13. The number of amides is 2. The molecule has 0 saturated heterocycles. The van der Waals surface area contributed by atoms with Crippen LogP contribution in [0.25, 0.3) is 0 Å². The molecular weight excluding hydrogens is 454 g/mol. The molecule has 0 aliphatic heterocycles. The van der Waals surface area contributed by atoms with Gasteiger partial charge in [0, 0.05) is 13.1 Å². The Balaban J connectivity index is 2.36. The molecule has 0 unspecified atom stereocenters. The van der Waals surface area contributed by atoms with Crippen LogP contribution < -0.4 is 14.4 Å². The quantitative estimate of drug-likeness (QED) is 0.436. The van der Waals surface area contributed by atoms with Gasteiger partial charge in [0.15, 0.2) is 0 Å². The Labute approximate surface area is 202 Å². The number of anilines is 1. The lowest BCUT2D eigenvalue weighted by Crippen LogP contribution is -2.52. The van der Waals surface area contributed by atoms with Gasteiger partial charge in [0.05, 0.1) is 19.1 Å². The Morgan fingerprint density at radius 2 is 1.68 bits per heavy atom. The topological polar surface area (TPSA) is 96.0 Å². The monoisotopic (exact) mass is 489 g/mol. The van der Waals surface area contributed by atoms with Crippen LogP contribution in [-0.4, -0.2) is 57.6 Å². The molecule has 0 bridgehead atoms. The van der Waals surface area contributed by atoms with Crippen molar-refractivity contribution >= 4 is 27.5 Å². The first-order valence-electron chi connectivity index (χ1n) is 11.4. The Morgan fingerprint density at radius 1 is 1.03 bits per heavy atom. The second-order valence-corrected chi connectivity index (χ2v) is 9.95. The molecule has 186 valence electrons. The number of hydrogen-bond acceptors (Lipinski definition) is 5. The highest BCUT2D eigenvalue weighted by Gasteiger charge is 2.31. The van der Waals surface area contributed by atoms with Gasteiger partial charge >= 0.3 is 0 Å². The lowest BCUT2D eigenvalue weighted by molar-refractivity contribution is -0.140. The third kappa shape index (κ3) is 7.76. The van der Waals surface area contributed by atoms with Gasteiger partial charge in [-0.15, -0.1) is 0 Å². The average Bonchev–Trinajstić information content (AvgIpc) is 2.82. The first-order chi connectivity index (χ1) is 16.2. The van der Waals surface area contributed by atoms with Crippen LogP contribution >= 0.6 is 0 Å². The number of carbonyl (C=O) groups excluding carboxylic acids is 2. The van der Waals surface area contributed by atoms with E-state index in [1.54, 1.807) is 24.3 Å². The molecule has 0 aromatic heterocycles. The van der Waals surface area contributed by atoms with Crippen molar-refractivity contribution in [1.29, 1.82) is 0 Å². The summed E-state index contributed by atoms with van der Waals surface area (Å²) in [6.07, 6.45) is 3.24. The summed E-state index contributed by atoms with van der Waals surface area (Å²) < 4.78 is 31.4. The molecule has 2 amide bonds. The van der Waals surface area contributed by atoms with E-state index in [1.165, 1.54) is 12.0 Å². The zero-order valence-corrected chi connectivity index (χ0v) is 21.2. The van der Waals surface area contributed by atoms with Crippen LogP contribution in [0.2, 0.25) is 0 Å². The highest BCUT2D eigenvalue weighted by molar-refractivity contribution is 7.92. The van der Waals surface area contributed by atoms with E-state index in [9.17, 15) is 18.0 Å². The molecule has 2 aromatic rings. The summed E-state index contributed by atoms with van der Waals surface area (Å²) in [4.78, 5) is 28.0. The fourth-order valence-corrected chi connectivity index (χ4v) is 4.42. The molecule has 0 aliphatic carbocycles. The number of nitrogens with zero attached hydrogens (tertiary/aromatic N) is 2. The number of hydrogen-bond donors (Lipinski definition) is 1. The maximum Gasteiger partial charge on any atom is 0.244 e. The first kappa shape index (κ1) is 27.2. The van der Waals surface area contributed by atoms with Gasteiger partial charge in [-0.2, -0.15) is 0 Å². The molecule has 0 aliphatic rings. The molecule has 2 rings (SSSR count). The Bertz CT molecular complexity index is 1030. The van der Waals surface area contributed by atoms with E-state index in [0.29, 0.717) is 24.4 Å². The van der Waals surface area contributed by atoms with Crippen molar-refractivity contribution in [3.63, 3.8) is 0 Å². The number of nitrogens with one attached hydrogen (secondary N) is 1. The predicted octanol–water partition coefficient (Wildman–Crippen LogP) is 3.18. The number of sulfonamides is 1. The smallest absolute Gasteiger partial charge is 0.244 e. The largest absolute Gasteiger partial charge is 0.497 e. The van der Waals surface area contributed by atoms with Crippen LogP contribution in [0.5, 0.6) is 5.75 Å². The molecule has 8 nitrogen and oxygen atoms in total. The third-order valence-corrected chi connectivity index (χ3v) is 6.59. The summed E-state index contributed by atoms with van der Waals surface area (Å²) in [6.45, 7) is 4.18. The molecule has 0 fully saturated rings. The average molecular weight is 490 g/mol. The second kappa shape index (κ2) is 13.0. The molecule has 0 heterocycles. The molecule has 1 atom stereocenters. The van der Waals surface area contributed by atoms with Gasteiger partial charge in [0.25, 0.3) is 0 Å². The molecular formula is C25H35N3O5S. The molecule has 2 aromatic carbocycles. The molecule has 0 radical (unpaired) electrons. The van der Waals surface area contributed by atoms with Gasteiger partial charge in [-0.25, -0.2) is 8.42 Å². The fraction of sp³-hybridized carbons (Fsp3) is 0.440. The summed E-state index contributed by atoms with van der Waals surface area (Å²) in [5.74, 6) is -0.123. The second-order valence-electron chi connectivity index (χ2n) is 8.04. The minimum absolute atomic E-state index is 0.194. The van der Waals surface area contributed by atoms with Crippen LogP contribution in [-0.2, 0) is 26.2 Å². The minimum atomic E-state index is -3.76. The summed E-state index contributed by atoms with van der Waals surface area (Å²) in [5, 5.41) is 2.91. The summed E-state index contributed by atoms with van der Waals surface area (Å²) in [6, 6.07) is 15.1. The van der Waals surface area contributed by atoms with Gasteiger partial charge in [-0.05, 0) is 42.7 Å². The Kier molecular flexibility index (Phi) is 10.4. The van der Waals surface area contributed by atoms with E-state index in [0.717, 1.165) is 29.0 Å². The van der Waals surface area contributed by atoms with E-state index in [-0.39, 0.29) is 12.5 Å². The third-order valence-electron chi connectivity index (χ3n) is 5.45. The maximum atomic E-state index is 13.6. The van der Waals surface area contributed by atoms with Gasteiger partial charge in [0.2, 0.25) is 21.8 Å². The number of carbonyl (C=O) groups is 2. The number of unbranched alkanes of at least 4 members (excludes halogenated alkanes) is 1. The van der Waals surface area contributed by atoms with Gasteiger partial charge in [0.1, 0.15) is 18.3 Å². The zero-order chi connectivity index (χ0) is 25.1. The van der Waals surface area contributed by atoms with Crippen molar-refractivity contribution in [2.45, 2.75) is 45.7 Å². The number of benzene rings is 2. The fourth-order valence-electron chi connectivity index (χ4n) is 3.57. The Hall–Kier alpha value is -3.07. The van der Waals surface area contributed by atoms with E-state index < -0.39 is 28.5 Å². The lowest BCUT2D eigenvalue weighted by Gasteiger charge is -2.33. The van der Waals surface area contributed by atoms with Crippen molar-refractivity contribution < 1.29 is 22.7 Å². The van der Waals surface area contributed by atoms with Crippen LogP contribution in [0.15, 0.2) is 54.6 Å².